The van der Waals surface area contributed by atoms with Crippen LogP contribution < -0.4 is 5.32 Å². The fourth-order valence-corrected chi connectivity index (χ4v) is 2.71. The van der Waals surface area contributed by atoms with E-state index in [0.717, 1.165) is 5.56 Å². The number of methoxy groups -OCH3 is 1. The van der Waals surface area contributed by atoms with Crippen molar-refractivity contribution in [1.29, 1.82) is 0 Å². The molecule has 1 unspecified atom stereocenters. The number of ether oxygens (including phenoxy) is 1. The summed E-state index contributed by atoms with van der Waals surface area (Å²) >= 11 is 1.65. The predicted octanol–water partition coefficient (Wildman–Crippen LogP) is 2.74. The first-order valence-corrected chi connectivity index (χ1v) is 6.49. The lowest BCUT2D eigenvalue weighted by Crippen LogP contribution is -2.17. The second kappa shape index (κ2) is 5.37. The molecule has 0 aliphatic heterocycles. The van der Waals surface area contributed by atoms with Gasteiger partial charge in [0, 0.05) is 0 Å². The van der Waals surface area contributed by atoms with Crippen LogP contribution in [0.5, 0.6) is 0 Å². The van der Waals surface area contributed by atoms with Gasteiger partial charge in [-0.1, -0.05) is 0 Å². The van der Waals surface area contributed by atoms with Gasteiger partial charge in [0.15, 0.2) is 0 Å². The van der Waals surface area contributed by atoms with Crippen LogP contribution in [-0.4, -0.2) is 20.1 Å². The Bertz CT molecular complexity index is 544. The van der Waals surface area contributed by atoms with Crippen LogP contribution in [0.3, 0.4) is 0 Å². The van der Waals surface area contributed by atoms with E-state index in [1.807, 2.05) is 7.05 Å². The number of nitrogens with one attached hydrogen (secondary N) is 1. The molecule has 2 aromatic rings. The van der Waals surface area contributed by atoms with Crippen LogP contribution in [0, 0.1) is 6.92 Å². The van der Waals surface area contributed by atoms with Crippen molar-refractivity contribution in [1.82, 2.24) is 5.32 Å². The maximum absolute atomic E-state index is 11.4. The highest BCUT2D eigenvalue weighted by Gasteiger charge is 2.20. The Morgan fingerprint density at radius 1 is 1.44 bits per heavy atom. The maximum Gasteiger partial charge on any atom is 0.373 e. The lowest BCUT2D eigenvalue weighted by Gasteiger charge is -2.13. The van der Waals surface area contributed by atoms with Crippen molar-refractivity contribution >= 4 is 17.3 Å². The number of thiophene rings is 1. The van der Waals surface area contributed by atoms with Crippen LogP contribution >= 0.6 is 11.3 Å². The molecular weight excluding hydrogens is 250 g/mol. The molecule has 0 saturated carbocycles. The van der Waals surface area contributed by atoms with E-state index >= 15 is 0 Å². The molecule has 0 spiro atoms. The smallest absolute Gasteiger partial charge is 0.373 e. The molecule has 1 N–H and O–H groups in total. The van der Waals surface area contributed by atoms with Gasteiger partial charge in [0.05, 0.1) is 13.2 Å². The van der Waals surface area contributed by atoms with E-state index in [1.165, 1.54) is 12.7 Å². The number of rotatable bonds is 4. The summed E-state index contributed by atoms with van der Waals surface area (Å²) in [6.07, 6.45) is 0. The zero-order valence-corrected chi connectivity index (χ0v) is 11.3. The highest BCUT2D eigenvalue weighted by molar-refractivity contribution is 7.08. The van der Waals surface area contributed by atoms with Crippen LogP contribution in [0.4, 0.5) is 0 Å². The molecule has 0 aliphatic rings. The Morgan fingerprint density at radius 3 is 2.78 bits per heavy atom. The zero-order chi connectivity index (χ0) is 13.1. The molecule has 1 atom stereocenters. The average Bonchev–Trinajstić information content (AvgIpc) is 3.00. The molecule has 0 bridgehead atoms. The summed E-state index contributed by atoms with van der Waals surface area (Å²) in [5.41, 5.74) is 2.36. The van der Waals surface area contributed by atoms with Gasteiger partial charge >= 0.3 is 5.97 Å². The van der Waals surface area contributed by atoms with E-state index in [0.29, 0.717) is 5.76 Å². The van der Waals surface area contributed by atoms with Gasteiger partial charge in [-0.25, -0.2) is 4.79 Å². The van der Waals surface area contributed by atoms with E-state index in [1.54, 1.807) is 23.5 Å². The quantitative estimate of drug-likeness (QED) is 0.864. The molecule has 0 amide bonds. The van der Waals surface area contributed by atoms with Gasteiger partial charge in [-0.15, -0.1) is 0 Å². The van der Waals surface area contributed by atoms with Crippen molar-refractivity contribution in [2.24, 2.45) is 0 Å². The first-order valence-electron chi connectivity index (χ1n) is 5.55. The summed E-state index contributed by atoms with van der Waals surface area (Å²) in [6, 6.07) is 3.38. The van der Waals surface area contributed by atoms with Crippen LogP contribution in [-0.2, 0) is 4.74 Å². The summed E-state index contributed by atoms with van der Waals surface area (Å²) in [7, 11) is 3.20. The van der Waals surface area contributed by atoms with Crippen LogP contribution in [0.15, 0.2) is 27.3 Å². The highest BCUT2D eigenvalue weighted by Crippen LogP contribution is 2.28. The molecule has 5 heteroatoms. The third-order valence-corrected chi connectivity index (χ3v) is 3.67. The number of carbonyl (C=O) groups is 1. The minimum Gasteiger partial charge on any atom is -0.463 e. The topological polar surface area (TPSA) is 51.5 Å². The molecule has 96 valence electrons. The standard InChI is InChI=1S/C13H15NO3S/c1-8-6-18-7-9(8)12(14-2)10-4-5-11(17-10)13(15)16-3/h4-7,12,14H,1-3H3. The average molecular weight is 265 g/mol. The third-order valence-electron chi connectivity index (χ3n) is 2.79. The molecule has 0 aromatic carbocycles. The lowest BCUT2D eigenvalue weighted by molar-refractivity contribution is 0.0562. The molecule has 0 saturated heterocycles. The summed E-state index contributed by atoms with van der Waals surface area (Å²) < 4.78 is 10.2. The predicted molar refractivity (Wildman–Crippen MR) is 70.0 cm³/mol. The third kappa shape index (κ3) is 2.32. The van der Waals surface area contributed by atoms with E-state index in [-0.39, 0.29) is 11.8 Å². The minimum absolute atomic E-state index is 0.0466. The fraction of sp³-hybridized carbons (Fsp3) is 0.308. The molecular formula is C13H15NO3S. The molecule has 18 heavy (non-hydrogen) atoms. The van der Waals surface area contributed by atoms with Crippen molar-refractivity contribution in [2.45, 2.75) is 13.0 Å². The second-order valence-electron chi connectivity index (χ2n) is 3.93. The molecule has 2 aromatic heterocycles. The lowest BCUT2D eigenvalue weighted by atomic mass is 10.0. The first kappa shape index (κ1) is 12.9. The first-order chi connectivity index (χ1) is 8.67. The van der Waals surface area contributed by atoms with Gasteiger partial charge < -0.3 is 14.5 Å². The van der Waals surface area contributed by atoms with Crippen LogP contribution in [0.1, 0.15) is 33.5 Å². The van der Waals surface area contributed by atoms with Crippen molar-refractivity contribution in [3.63, 3.8) is 0 Å². The van der Waals surface area contributed by atoms with E-state index in [4.69, 9.17) is 4.42 Å². The summed E-state index contributed by atoms with van der Waals surface area (Å²) in [5.74, 6) is 0.471. The SMILES string of the molecule is CNC(c1ccc(C(=O)OC)o1)c1cscc1C. The van der Waals surface area contributed by atoms with Crippen LogP contribution in [0.25, 0.3) is 0 Å². The molecule has 2 heterocycles. The Kier molecular flexibility index (Phi) is 3.84. The maximum atomic E-state index is 11.4. The van der Waals surface area contributed by atoms with E-state index in [9.17, 15) is 4.79 Å². The van der Waals surface area contributed by atoms with Crippen molar-refractivity contribution < 1.29 is 13.9 Å². The summed E-state index contributed by atoms with van der Waals surface area (Å²) in [6.45, 7) is 2.06. The fourth-order valence-electron chi connectivity index (χ4n) is 1.84. The van der Waals surface area contributed by atoms with Crippen LogP contribution in [0.2, 0.25) is 0 Å². The largest absolute Gasteiger partial charge is 0.463 e. The molecule has 0 radical (unpaired) electrons. The number of carbonyl (C=O) groups excluding carboxylic acids is 1. The van der Waals surface area contributed by atoms with Crippen molar-refractivity contribution in [3.8, 4) is 0 Å². The normalized spacial score (nSPS) is 12.4. The minimum atomic E-state index is -0.460. The number of hydrogen-bond donors (Lipinski definition) is 1. The number of furan rings is 1. The van der Waals surface area contributed by atoms with Gasteiger partial charge in [0.25, 0.3) is 0 Å². The number of hydrogen-bond acceptors (Lipinski definition) is 5. The van der Waals surface area contributed by atoms with E-state index < -0.39 is 5.97 Å². The Morgan fingerprint density at radius 2 is 2.22 bits per heavy atom. The summed E-state index contributed by atoms with van der Waals surface area (Å²) in [4.78, 5) is 11.4. The molecule has 0 aliphatic carbocycles. The molecule has 4 nitrogen and oxygen atoms in total. The summed E-state index contributed by atoms with van der Waals surface area (Å²) in [5, 5.41) is 7.36. The molecule has 2 rings (SSSR count). The van der Waals surface area contributed by atoms with Gasteiger partial charge in [-0.2, -0.15) is 11.3 Å². The second-order valence-corrected chi connectivity index (χ2v) is 4.67. The highest BCUT2D eigenvalue weighted by atomic mass is 32.1. The van der Waals surface area contributed by atoms with Gasteiger partial charge in [-0.3, -0.25) is 0 Å². The van der Waals surface area contributed by atoms with Gasteiger partial charge in [0.2, 0.25) is 5.76 Å². The van der Waals surface area contributed by atoms with E-state index in [2.05, 4.69) is 27.7 Å². The number of esters is 1. The monoisotopic (exact) mass is 265 g/mol. The zero-order valence-electron chi connectivity index (χ0n) is 10.5. The Hall–Kier alpha value is -1.59. The van der Waals surface area contributed by atoms with Crippen molar-refractivity contribution in [3.05, 3.63) is 45.5 Å². The number of aryl methyl sites for hydroxylation is 1. The van der Waals surface area contributed by atoms with Crippen molar-refractivity contribution in [2.75, 3.05) is 14.2 Å². The Balaban J connectivity index is 2.31. The van der Waals surface area contributed by atoms with Gasteiger partial charge in [0.1, 0.15) is 5.76 Å². The van der Waals surface area contributed by atoms with Gasteiger partial charge in [-0.05, 0) is 48.0 Å². The molecule has 0 fully saturated rings. The Labute approximate surface area is 110 Å².